The lowest BCUT2D eigenvalue weighted by atomic mass is 10.0. The molecule has 2 aromatic heterocycles. The summed E-state index contributed by atoms with van der Waals surface area (Å²) < 4.78 is 22.7. The Labute approximate surface area is 196 Å². The highest BCUT2D eigenvalue weighted by molar-refractivity contribution is 7.23. The second kappa shape index (κ2) is 9.70. The number of carbonyl (C=O) groups excluding carboxylic acids is 2. The molecule has 2 aromatic carbocycles. The van der Waals surface area contributed by atoms with Crippen LogP contribution in [-0.2, 0) is 16.0 Å². The number of rotatable bonds is 5. The number of carbonyl (C=O) groups is 2. The largest absolute Gasteiger partial charge is 0.462 e. The summed E-state index contributed by atoms with van der Waals surface area (Å²) in [6, 6.07) is 10.6. The fourth-order valence-corrected chi connectivity index (χ4v) is 5.03. The van der Waals surface area contributed by atoms with Crippen LogP contribution in [0.5, 0.6) is 0 Å². The molecule has 0 saturated carbocycles. The van der Waals surface area contributed by atoms with Gasteiger partial charge in [-0.1, -0.05) is 31.3 Å². The summed E-state index contributed by atoms with van der Waals surface area (Å²) >= 11 is 1.44. The number of imidazole rings is 1. The van der Waals surface area contributed by atoms with Crippen LogP contribution < -0.4 is 5.32 Å². The third-order valence-electron chi connectivity index (χ3n) is 5.48. The maximum Gasteiger partial charge on any atom is 0.338 e. The van der Waals surface area contributed by atoms with Gasteiger partial charge in [-0.25, -0.2) is 14.2 Å². The molecule has 0 radical (unpaired) electrons. The van der Waals surface area contributed by atoms with Crippen LogP contribution in [0.15, 0.2) is 42.6 Å². The van der Waals surface area contributed by atoms with Crippen LogP contribution in [0.4, 0.5) is 4.39 Å². The molecule has 3 heterocycles. The first-order chi connectivity index (χ1) is 16.0. The molecule has 1 N–H and O–H groups in total. The van der Waals surface area contributed by atoms with Gasteiger partial charge in [0, 0.05) is 25.6 Å². The molecule has 1 aliphatic rings. The number of fused-ring (bicyclic) bond motifs is 3. The average molecular weight is 470 g/mol. The van der Waals surface area contributed by atoms with Crippen molar-refractivity contribution in [3.8, 4) is 11.3 Å². The minimum atomic E-state index is -0.351. The normalized spacial score (nSPS) is 15.4. The van der Waals surface area contributed by atoms with E-state index >= 15 is 0 Å². The van der Waals surface area contributed by atoms with Crippen molar-refractivity contribution in [1.82, 2.24) is 14.7 Å². The first-order valence-corrected chi connectivity index (χ1v) is 12.0. The number of esters is 1. The van der Waals surface area contributed by atoms with Crippen LogP contribution >= 0.6 is 11.3 Å². The van der Waals surface area contributed by atoms with E-state index in [1.807, 2.05) is 36.6 Å². The van der Waals surface area contributed by atoms with Gasteiger partial charge in [-0.05, 0) is 55.7 Å². The minimum absolute atomic E-state index is 0. The Hall–Kier alpha value is -3.26. The van der Waals surface area contributed by atoms with E-state index in [-0.39, 0.29) is 25.2 Å². The van der Waals surface area contributed by atoms with Crippen LogP contribution in [0.1, 0.15) is 51.0 Å². The standard InChI is InChI=1S/C23H20FN3O3S.C2H6.H2/c1-2-30-22(29)14-4-7-19-20(11-14)31-23-26-18(12-27(19)23)16-6-3-13(10-17(16)24)9-15-5-8-21(28)25-15;1-2;/h3-4,6-7,10-12,15H,2,5,8-9H2,1H3,(H,25,28);1-2H3;1H. The fourth-order valence-electron chi connectivity index (χ4n) is 3.98. The SMILES string of the molecule is CC.CCOC(=O)c1ccc2c(c1)sc1nc(-c3ccc(CC4CCC(=O)N4)cc3F)cn12.[HH]. The highest BCUT2D eigenvalue weighted by Crippen LogP contribution is 2.31. The summed E-state index contributed by atoms with van der Waals surface area (Å²) in [5.41, 5.74) is 3.25. The van der Waals surface area contributed by atoms with E-state index in [0.29, 0.717) is 36.3 Å². The topological polar surface area (TPSA) is 72.7 Å². The van der Waals surface area contributed by atoms with Crippen molar-refractivity contribution in [2.75, 3.05) is 6.61 Å². The number of thiazole rings is 1. The van der Waals surface area contributed by atoms with Crippen molar-refractivity contribution < 1.29 is 20.1 Å². The highest BCUT2D eigenvalue weighted by atomic mass is 32.1. The van der Waals surface area contributed by atoms with Crippen molar-refractivity contribution in [3.63, 3.8) is 0 Å². The van der Waals surface area contributed by atoms with Gasteiger partial charge in [0.1, 0.15) is 5.82 Å². The summed E-state index contributed by atoms with van der Waals surface area (Å²) in [5.74, 6) is -0.626. The smallest absolute Gasteiger partial charge is 0.338 e. The van der Waals surface area contributed by atoms with Crippen molar-refractivity contribution in [1.29, 1.82) is 0 Å². The van der Waals surface area contributed by atoms with Gasteiger partial charge >= 0.3 is 5.97 Å². The molecule has 174 valence electrons. The zero-order valence-corrected chi connectivity index (χ0v) is 19.7. The Morgan fingerprint density at radius 2 is 2.12 bits per heavy atom. The Kier molecular flexibility index (Phi) is 6.74. The number of aromatic nitrogens is 2. The molecule has 1 atom stereocenters. The predicted octanol–water partition coefficient (Wildman–Crippen LogP) is 5.63. The van der Waals surface area contributed by atoms with Gasteiger partial charge in [0.05, 0.1) is 28.1 Å². The van der Waals surface area contributed by atoms with E-state index in [9.17, 15) is 14.0 Å². The molecule has 5 rings (SSSR count). The van der Waals surface area contributed by atoms with Gasteiger partial charge in [-0.15, -0.1) is 0 Å². The van der Waals surface area contributed by atoms with Gasteiger partial charge in [0.25, 0.3) is 0 Å². The Morgan fingerprint density at radius 1 is 1.30 bits per heavy atom. The van der Waals surface area contributed by atoms with Gasteiger partial charge in [-0.2, -0.15) is 0 Å². The molecule has 33 heavy (non-hydrogen) atoms. The summed E-state index contributed by atoms with van der Waals surface area (Å²) in [5, 5.41) is 2.91. The molecule has 1 saturated heterocycles. The fraction of sp³-hybridized carbons (Fsp3) is 0.320. The summed E-state index contributed by atoms with van der Waals surface area (Å²) in [7, 11) is 0. The zero-order chi connectivity index (χ0) is 23.5. The summed E-state index contributed by atoms with van der Waals surface area (Å²) in [4.78, 5) is 28.7. The van der Waals surface area contributed by atoms with Crippen LogP contribution in [0.3, 0.4) is 0 Å². The van der Waals surface area contributed by atoms with Gasteiger partial charge < -0.3 is 10.1 Å². The molecule has 6 nitrogen and oxygen atoms in total. The first kappa shape index (κ1) is 22.9. The molecule has 1 fully saturated rings. The molecular formula is C25H28FN3O3S. The maximum absolute atomic E-state index is 14.9. The number of benzene rings is 2. The number of nitrogens with zero attached hydrogens (tertiary/aromatic N) is 2. The van der Waals surface area contributed by atoms with Gasteiger partial charge in [-0.3, -0.25) is 9.20 Å². The maximum atomic E-state index is 14.9. The molecule has 4 aromatic rings. The number of hydrogen-bond donors (Lipinski definition) is 1. The molecule has 1 amide bonds. The monoisotopic (exact) mass is 469 g/mol. The lowest BCUT2D eigenvalue weighted by Crippen LogP contribution is -2.27. The minimum Gasteiger partial charge on any atom is -0.462 e. The molecule has 0 bridgehead atoms. The average Bonchev–Trinajstić information content (AvgIpc) is 3.49. The van der Waals surface area contributed by atoms with E-state index in [1.54, 1.807) is 25.1 Å². The number of nitrogens with one attached hydrogen (secondary N) is 1. The number of halogens is 1. The first-order valence-electron chi connectivity index (χ1n) is 11.2. The number of amides is 1. The van der Waals surface area contributed by atoms with Crippen molar-refractivity contribution in [2.45, 2.75) is 46.1 Å². The van der Waals surface area contributed by atoms with Crippen LogP contribution in [-0.4, -0.2) is 33.9 Å². The van der Waals surface area contributed by atoms with E-state index in [2.05, 4.69) is 10.3 Å². The van der Waals surface area contributed by atoms with Crippen molar-refractivity contribution in [3.05, 3.63) is 59.5 Å². The second-order valence-electron chi connectivity index (χ2n) is 7.61. The highest BCUT2D eigenvalue weighted by Gasteiger charge is 2.21. The molecule has 0 aliphatic carbocycles. The second-order valence-corrected chi connectivity index (χ2v) is 8.61. The third-order valence-corrected chi connectivity index (χ3v) is 6.50. The third kappa shape index (κ3) is 4.61. The quantitative estimate of drug-likeness (QED) is 0.385. The van der Waals surface area contributed by atoms with E-state index in [0.717, 1.165) is 27.2 Å². The van der Waals surface area contributed by atoms with Crippen LogP contribution in [0, 0.1) is 5.82 Å². The number of ether oxygens (including phenoxy) is 1. The van der Waals surface area contributed by atoms with Crippen LogP contribution in [0.25, 0.3) is 26.4 Å². The summed E-state index contributed by atoms with van der Waals surface area (Å²) in [6.07, 6.45) is 3.75. The molecule has 8 heteroatoms. The van der Waals surface area contributed by atoms with Crippen molar-refractivity contribution >= 4 is 38.4 Å². The Morgan fingerprint density at radius 3 is 2.82 bits per heavy atom. The zero-order valence-electron chi connectivity index (χ0n) is 18.9. The van der Waals surface area contributed by atoms with Crippen LogP contribution in [0.2, 0.25) is 0 Å². The van der Waals surface area contributed by atoms with Gasteiger partial charge in [0.2, 0.25) is 5.91 Å². The summed E-state index contributed by atoms with van der Waals surface area (Å²) in [6.45, 7) is 6.10. The molecule has 1 unspecified atom stereocenters. The lowest BCUT2D eigenvalue weighted by Gasteiger charge is -2.10. The molecular weight excluding hydrogens is 441 g/mol. The predicted molar refractivity (Wildman–Crippen MR) is 130 cm³/mol. The molecule has 1 aliphatic heterocycles. The lowest BCUT2D eigenvalue weighted by molar-refractivity contribution is -0.119. The van der Waals surface area contributed by atoms with Crippen molar-refractivity contribution in [2.24, 2.45) is 0 Å². The van der Waals surface area contributed by atoms with E-state index in [1.165, 1.54) is 17.4 Å². The van der Waals surface area contributed by atoms with E-state index in [4.69, 9.17) is 4.74 Å². The Bertz CT molecular complexity index is 1330. The van der Waals surface area contributed by atoms with E-state index < -0.39 is 0 Å². The van der Waals surface area contributed by atoms with Gasteiger partial charge in [0.15, 0.2) is 4.96 Å². The molecule has 0 spiro atoms. The number of hydrogen-bond acceptors (Lipinski definition) is 5. The Balaban J connectivity index is 0.00000105.